The van der Waals surface area contributed by atoms with Crippen molar-refractivity contribution in [2.24, 2.45) is 0 Å². The maximum absolute atomic E-state index is 12.1. The predicted octanol–water partition coefficient (Wildman–Crippen LogP) is 1.87. The molecule has 1 saturated carbocycles. The summed E-state index contributed by atoms with van der Waals surface area (Å²) in [7, 11) is -3.21. The summed E-state index contributed by atoms with van der Waals surface area (Å²) < 4.78 is 25.9. The van der Waals surface area contributed by atoms with Crippen LogP contribution in [0, 0.1) is 11.3 Å². The molecular weight excluding hydrogens is 440 g/mol. The van der Waals surface area contributed by atoms with Crippen LogP contribution in [-0.4, -0.2) is 61.5 Å². The fourth-order valence-corrected chi connectivity index (χ4v) is 4.87. The van der Waals surface area contributed by atoms with Crippen molar-refractivity contribution in [3.05, 3.63) is 41.6 Å². The lowest BCUT2D eigenvalue weighted by Crippen LogP contribution is -2.44. The van der Waals surface area contributed by atoms with E-state index in [4.69, 9.17) is 0 Å². The van der Waals surface area contributed by atoms with E-state index in [1.807, 2.05) is 24.3 Å². The molecule has 0 atom stereocenters. The number of nitrogens with one attached hydrogen (secondary N) is 3. The Labute approximate surface area is 192 Å². The number of rotatable bonds is 7. The van der Waals surface area contributed by atoms with Crippen LogP contribution < -0.4 is 20.9 Å². The number of nitriles is 1. The minimum absolute atomic E-state index is 0.0378. The predicted molar refractivity (Wildman–Crippen MR) is 128 cm³/mol. The van der Waals surface area contributed by atoms with Crippen molar-refractivity contribution in [1.82, 2.24) is 19.9 Å². The number of anilines is 4. The topological polar surface area (TPSA) is 127 Å². The van der Waals surface area contributed by atoms with Crippen LogP contribution in [0.2, 0.25) is 0 Å². The van der Waals surface area contributed by atoms with E-state index in [-0.39, 0.29) is 5.75 Å². The van der Waals surface area contributed by atoms with Gasteiger partial charge < -0.3 is 20.9 Å². The lowest BCUT2D eigenvalue weighted by molar-refractivity contribution is 0.587. The molecular formula is C22H26N8O2S. The van der Waals surface area contributed by atoms with Gasteiger partial charge in [-0.25, -0.2) is 13.4 Å². The summed E-state index contributed by atoms with van der Waals surface area (Å²) in [5, 5.41) is 23.8. The minimum atomic E-state index is -3.21. The van der Waals surface area contributed by atoms with Gasteiger partial charge in [-0.1, -0.05) is 0 Å². The summed E-state index contributed by atoms with van der Waals surface area (Å²) >= 11 is 0. The van der Waals surface area contributed by atoms with E-state index in [9.17, 15) is 13.7 Å². The average Bonchev–Trinajstić information content (AvgIpc) is 3.49. The van der Waals surface area contributed by atoms with Crippen molar-refractivity contribution >= 4 is 38.5 Å². The molecule has 2 aromatic heterocycles. The highest BCUT2D eigenvalue weighted by molar-refractivity contribution is 7.89. The van der Waals surface area contributed by atoms with Crippen molar-refractivity contribution < 1.29 is 8.42 Å². The van der Waals surface area contributed by atoms with Crippen molar-refractivity contribution in [2.75, 3.05) is 48.0 Å². The molecule has 2 aliphatic rings. The highest BCUT2D eigenvalue weighted by Gasteiger charge is 2.23. The number of fused-ring (bicyclic) bond motifs is 1. The Morgan fingerprint density at radius 3 is 2.73 bits per heavy atom. The smallest absolute Gasteiger partial charge is 0.177 e. The Balaban J connectivity index is 1.50. The van der Waals surface area contributed by atoms with E-state index in [0.717, 1.165) is 61.8 Å². The molecule has 2 fully saturated rings. The molecule has 0 radical (unpaired) electrons. The molecule has 0 amide bonds. The second-order valence-electron chi connectivity index (χ2n) is 8.63. The maximum Gasteiger partial charge on any atom is 0.177 e. The third kappa shape index (κ3) is 4.86. The van der Waals surface area contributed by atoms with Crippen molar-refractivity contribution in [3.8, 4) is 6.07 Å². The molecule has 0 unspecified atom stereocenters. The molecule has 1 saturated heterocycles. The van der Waals surface area contributed by atoms with Crippen molar-refractivity contribution in [1.29, 1.82) is 5.26 Å². The molecule has 11 heteroatoms. The van der Waals surface area contributed by atoms with Gasteiger partial charge in [0.1, 0.15) is 23.3 Å². The zero-order valence-electron chi connectivity index (χ0n) is 18.4. The summed E-state index contributed by atoms with van der Waals surface area (Å²) in [5.41, 5.74) is 3.29. The second kappa shape index (κ2) is 8.53. The average molecular weight is 467 g/mol. The highest BCUT2D eigenvalue weighted by Crippen LogP contribution is 2.30. The summed E-state index contributed by atoms with van der Waals surface area (Å²) in [6.07, 6.45) is 4.96. The highest BCUT2D eigenvalue weighted by atomic mass is 32.2. The number of hydrogen-bond donors (Lipinski definition) is 3. The van der Waals surface area contributed by atoms with Crippen LogP contribution in [0.15, 0.2) is 30.5 Å². The van der Waals surface area contributed by atoms with Crippen molar-refractivity contribution in [2.45, 2.75) is 24.6 Å². The van der Waals surface area contributed by atoms with Crippen LogP contribution >= 0.6 is 0 Å². The minimum Gasteiger partial charge on any atom is -0.369 e. The zero-order valence-corrected chi connectivity index (χ0v) is 19.2. The number of sulfone groups is 1. The Kier molecular flexibility index (Phi) is 5.55. The normalized spacial score (nSPS) is 16.5. The third-order valence-corrected chi connectivity index (χ3v) is 6.58. The second-order valence-corrected chi connectivity index (χ2v) is 10.8. The van der Waals surface area contributed by atoms with Crippen LogP contribution in [0.5, 0.6) is 0 Å². The Bertz CT molecular complexity index is 1330. The van der Waals surface area contributed by atoms with E-state index in [1.54, 1.807) is 4.52 Å². The molecule has 172 valence electrons. The third-order valence-electron chi connectivity index (χ3n) is 5.75. The van der Waals surface area contributed by atoms with Crippen molar-refractivity contribution in [3.63, 3.8) is 0 Å². The van der Waals surface area contributed by atoms with Gasteiger partial charge in [-0.15, -0.1) is 0 Å². The fraction of sp³-hybridized carbons (Fsp3) is 0.409. The van der Waals surface area contributed by atoms with Gasteiger partial charge in [-0.3, -0.25) is 0 Å². The zero-order chi connectivity index (χ0) is 23.0. The summed E-state index contributed by atoms with van der Waals surface area (Å²) in [6, 6.07) is 10.2. The van der Waals surface area contributed by atoms with Gasteiger partial charge in [-0.2, -0.15) is 14.9 Å². The largest absolute Gasteiger partial charge is 0.369 e. The molecule has 3 aromatic rings. The number of benzene rings is 1. The monoisotopic (exact) mass is 466 g/mol. The Morgan fingerprint density at radius 2 is 2.03 bits per heavy atom. The molecule has 5 rings (SSSR count). The number of piperazine rings is 1. The summed E-state index contributed by atoms with van der Waals surface area (Å²) in [5.74, 6) is 1.28. The molecule has 33 heavy (non-hydrogen) atoms. The van der Waals surface area contributed by atoms with E-state index in [0.29, 0.717) is 23.1 Å². The standard InChI is InChI=1S/C22H26N8O2S/c1-33(31,32)14-15-10-18(4-5-19(15)29-8-6-24-7-9-29)26-20-11-21(27-17-2-3-17)30-22(28-20)16(12-23)13-25-30/h4-5,10-11,13,17,24,27H,2-3,6-9,14H2,1H3,(H,26,28). The van der Waals surface area contributed by atoms with Gasteiger partial charge in [-0.05, 0) is 36.6 Å². The van der Waals surface area contributed by atoms with E-state index in [1.165, 1.54) is 12.5 Å². The molecule has 3 heterocycles. The van der Waals surface area contributed by atoms with Crippen LogP contribution in [0.3, 0.4) is 0 Å². The Morgan fingerprint density at radius 1 is 1.24 bits per heavy atom. The van der Waals surface area contributed by atoms with E-state index < -0.39 is 9.84 Å². The molecule has 0 bridgehead atoms. The first kappa shape index (κ1) is 21.5. The van der Waals surface area contributed by atoms with E-state index >= 15 is 0 Å². The van der Waals surface area contributed by atoms with Gasteiger partial charge in [0.05, 0.1) is 11.9 Å². The first-order valence-electron chi connectivity index (χ1n) is 11.0. The molecule has 1 aliphatic carbocycles. The van der Waals surface area contributed by atoms with Crippen LogP contribution in [0.1, 0.15) is 24.0 Å². The van der Waals surface area contributed by atoms with Crippen LogP contribution in [0.25, 0.3) is 5.65 Å². The number of aromatic nitrogens is 3. The first-order chi connectivity index (χ1) is 15.9. The number of hydrogen-bond acceptors (Lipinski definition) is 9. The summed E-state index contributed by atoms with van der Waals surface area (Å²) in [6.45, 7) is 3.39. The van der Waals surface area contributed by atoms with Crippen LogP contribution in [-0.2, 0) is 15.6 Å². The molecule has 10 nitrogen and oxygen atoms in total. The SMILES string of the molecule is CS(=O)(=O)Cc1cc(Nc2cc(NC3CC3)n3ncc(C#N)c3n2)ccc1N1CCNCC1. The lowest BCUT2D eigenvalue weighted by atomic mass is 10.1. The van der Waals surface area contributed by atoms with Gasteiger partial charge in [0, 0.05) is 55.9 Å². The van der Waals surface area contributed by atoms with Gasteiger partial charge in [0.15, 0.2) is 15.5 Å². The van der Waals surface area contributed by atoms with Gasteiger partial charge in [0.25, 0.3) is 0 Å². The summed E-state index contributed by atoms with van der Waals surface area (Å²) in [4.78, 5) is 6.81. The fourth-order valence-electron chi connectivity index (χ4n) is 4.07. The molecule has 3 N–H and O–H groups in total. The van der Waals surface area contributed by atoms with Crippen LogP contribution in [0.4, 0.5) is 23.0 Å². The molecule has 1 aliphatic heterocycles. The quantitative estimate of drug-likeness (QED) is 0.478. The number of nitrogens with zero attached hydrogens (tertiary/aromatic N) is 5. The van der Waals surface area contributed by atoms with Gasteiger partial charge in [0.2, 0.25) is 0 Å². The van der Waals surface area contributed by atoms with Gasteiger partial charge >= 0.3 is 0 Å². The van der Waals surface area contributed by atoms with E-state index in [2.05, 4.69) is 37.0 Å². The lowest BCUT2D eigenvalue weighted by Gasteiger charge is -2.31. The first-order valence-corrected chi connectivity index (χ1v) is 13.0. The molecule has 1 aromatic carbocycles. The molecule has 0 spiro atoms. The Hall–Kier alpha value is -3.36. The maximum atomic E-state index is 12.1.